The van der Waals surface area contributed by atoms with Crippen LogP contribution in [0.3, 0.4) is 0 Å². The quantitative estimate of drug-likeness (QED) is 0.251. The number of carbonyl (C=O) groups excluding carboxylic acids is 2. The number of alkyl halides is 6. The first-order valence-corrected chi connectivity index (χ1v) is 9.55. The van der Waals surface area contributed by atoms with E-state index >= 15 is 0 Å². The second kappa shape index (κ2) is 8.17. The van der Waals surface area contributed by atoms with Crippen LogP contribution in [0.25, 0.3) is 0 Å². The SMILES string of the molecule is COC(=O)c1cc(C(=O)OC)c(OS(=O)(=O)C(F)(F)F)cc1OS(=O)(=O)C(F)(F)F. The van der Waals surface area contributed by atoms with Gasteiger partial charge in [0.05, 0.1) is 14.2 Å². The largest absolute Gasteiger partial charge is 0.534 e. The number of carbonyl (C=O) groups is 2. The molecule has 1 rings (SSSR count). The molecular formula is C12H8F6O10S2. The molecule has 0 saturated carbocycles. The molecule has 0 unspecified atom stereocenters. The summed E-state index contributed by atoms with van der Waals surface area (Å²) in [6.45, 7) is 0. The van der Waals surface area contributed by atoms with Crippen LogP contribution in [-0.2, 0) is 29.7 Å². The first-order valence-electron chi connectivity index (χ1n) is 6.74. The highest BCUT2D eigenvalue weighted by Gasteiger charge is 2.50. The first-order chi connectivity index (χ1) is 13.4. The van der Waals surface area contributed by atoms with Gasteiger partial charge in [0.15, 0.2) is 11.5 Å². The van der Waals surface area contributed by atoms with Gasteiger partial charge in [-0.15, -0.1) is 0 Å². The fourth-order valence-electron chi connectivity index (χ4n) is 1.57. The van der Waals surface area contributed by atoms with Crippen LogP contribution in [0.2, 0.25) is 0 Å². The van der Waals surface area contributed by atoms with E-state index in [2.05, 4.69) is 17.8 Å². The summed E-state index contributed by atoms with van der Waals surface area (Å²) in [6, 6.07) is -0.0226. The van der Waals surface area contributed by atoms with Crippen LogP contribution in [0.1, 0.15) is 20.7 Å². The summed E-state index contributed by atoms with van der Waals surface area (Å²) in [4.78, 5) is 23.4. The summed E-state index contributed by atoms with van der Waals surface area (Å²) in [5, 5.41) is 0. The standard InChI is InChI=1S/C12H8F6O10S2/c1-25-9(19)5-3-6(10(20)26-2)8(28-30(23,24)12(16,17)18)4-7(5)27-29(21,22)11(13,14)15/h3-4H,1-2H3. The van der Waals surface area contributed by atoms with E-state index in [1.54, 1.807) is 0 Å². The van der Waals surface area contributed by atoms with Gasteiger partial charge in [0.2, 0.25) is 0 Å². The van der Waals surface area contributed by atoms with E-state index in [1.165, 1.54) is 0 Å². The van der Waals surface area contributed by atoms with Crippen LogP contribution in [0, 0.1) is 0 Å². The Morgan fingerprint density at radius 2 is 1.00 bits per heavy atom. The molecule has 0 bridgehead atoms. The summed E-state index contributed by atoms with van der Waals surface area (Å²) < 4.78 is 136. The van der Waals surface area contributed by atoms with Gasteiger partial charge in [-0.2, -0.15) is 43.2 Å². The minimum absolute atomic E-state index is 0.153. The molecule has 170 valence electrons. The zero-order valence-corrected chi connectivity index (χ0v) is 16.0. The van der Waals surface area contributed by atoms with E-state index in [1.807, 2.05) is 0 Å². The van der Waals surface area contributed by atoms with E-state index in [4.69, 9.17) is 0 Å². The molecule has 0 aliphatic heterocycles. The number of benzene rings is 1. The highest BCUT2D eigenvalue weighted by molar-refractivity contribution is 7.88. The van der Waals surface area contributed by atoms with Crippen molar-refractivity contribution in [2.24, 2.45) is 0 Å². The van der Waals surface area contributed by atoms with Gasteiger partial charge in [-0.1, -0.05) is 0 Å². The van der Waals surface area contributed by atoms with E-state index in [0.717, 1.165) is 0 Å². The van der Waals surface area contributed by atoms with Crippen molar-refractivity contribution < 1.29 is 70.6 Å². The van der Waals surface area contributed by atoms with Crippen molar-refractivity contribution >= 4 is 32.2 Å². The molecule has 1 aromatic rings. The fraction of sp³-hybridized carbons (Fsp3) is 0.333. The second-order valence-corrected chi connectivity index (χ2v) is 7.87. The maximum Gasteiger partial charge on any atom is 0.534 e. The zero-order valence-electron chi connectivity index (χ0n) is 14.3. The lowest BCUT2D eigenvalue weighted by Gasteiger charge is -2.16. The maximum absolute atomic E-state index is 12.5. The van der Waals surface area contributed by atoms with Crippen LogP contribution < -0.4 is 8.37 Å². The Labute approximate surface area is 163 Å². The monoisotopic (exact) mass is 490 g/mol. The Morgan fingerprint density at radius 3 is 1.23 bits per heavy atom. The highest BCUT2D eigenvalue weighted by atomic mass is 32.2. The van der Waals surface area contributed by atoms with Crippen molar-refractivity contribution in [3.05, 3.63) is 23.3 Å². The average molecular weight is 490 g/mol. The topological polar surface area (TPSA) is 139 Å². The third-order valence-electron chi connectivity index (χ3n) is 2.86. The van der Waals surface area contributed by atoms with E-state index in [9.17, 15) is 52.8 Å². The predicted octanol–water partition coefficient (Wildman–Crippen LogP) is 1.72. The van der Waals surface area contributed by atoms with Gasteiger partial charge in [-0.05, 0) is 6.07 Å². The number of hydrogen-bond acceptors (Lipinski definition) is 10. The van der Waals surface area contributed by atoms with Gasteiger partial charge in [-0.25, -0.2) is 9.59 Å². The van der Waals surface area contributed by atoms with E-state index in [0.29, 0.717) is 14.2 Å². The molecule has 0 heterocycles. The fourth-order valence-corrected chi connectivity index (χ4v) is 2.51. The molecule has 0 spiro atoms. The van der Waals surface area contributed by atoms with Crippen LogP contribution >= 0.6 is 0 Å². The molecule has 0 fully saturated rings. The van der Waals surface area contributed by atoms with Crippen molar-refractivity contribution in [1.82, 2.24) is 0 Å². The van der Waals surface area contributed by atoms with Crippen molar-refractivity contribution in [2.75, 3.05) is 14.2 Å². The minimum atomic E-state index is -6.49. The molecule has 18 heteroatoms. The lowest BCUT2D eigenvalue weighted by Crippen LogP contribution is -2.30. The molecule has 10 nitrogen and oxygen atoms in total. The van der Waals surface area contributed by atoms with Crippen LogP contribution in [0.15, 0.2) is 12.1 Å². The Balaban J connectivity index is 3.84. The number of ether oxygens (including phenoxy) is 2. The minimum Gasteiger partial charge on any atom is -0.465 e. The van der Waals surface area contributed by atoms with Crippen molar-refractivity contribution in [3.63, 3.8) is 0 Å². The number of rotatable bonds is 6. The number of methoxy groups -OCH3 is 2. The smallest absolute Gasteiger partial charge is 0.465 e. The molecule has 0 aromatic heterocycles. The summed E-state index contributed by atoms with van der Waals surface area (Å²) in [6.07, 6.45) is 0. The van der Waals surface area contributed by atoms with E-state index in [-0.39, 0.29) is 12.1 Å². The van der Waals surface area contributed by atoms with Crippen molar-refractivity contribution in [2.45, 2.75) is 11.0 Å². The lowest BCUT2D eigenvalue weighted by atomic mass is 10.1. The molecule has 0 radical (unpaired) electrons. The zero-order chi connectivity index (χ0) is 23.7. The Bertz CT molecular complexity index is 975. The third-order valence-corrected chi connectivity index (χ3v) is 4.79. The Kier molecular flexibility index (Phi) is 6.88. The molecule has 0 atom stereocenters. The molecule has 1 aromatic carbocycles. The number of esters is 2. The summed E-state index contributed by atoms with van der Waals surface area (Å²) in [7, 11) is -11.7. The number of halogens is 6. The summed E-state index contributed by atoms with van der Waals surface area (Å²) in [5.41, 5.74) is -14.6. The van der Waals surface area contributed by atoms with Gasteiger partial charge in [0, 0.05) is 6.07 Å². The van der Waals surface area contributed by atoms with Gasteiger partial charge in [0.25, 0.3) is 0 Å². The van der Waals surface area contributed by atoms with Crippen LogP contribution in [0.5, 0.6) is 11.5 Å². The Morgan fingerprint density at radius 1 is 0.700 bits per heavy atom. The summed E-state index contributed by atoms with van der Waals surface area (Å²) >= 11 is 0. The highest BCUT2D eigenvalue weighted by Crippen LogP contribution is 2.37. The molecule has 0 aliphatic carbocycles. The van der Waals surface area contributed by atoms with Crippen LogP contribution in [0.4, 0.5) is 26.3 Å². The molecule has 0 aliphatic rings. The third kappa shape index (κ3) is 5.23. The molecule has 0 saturated heterocycles. The van der Waals surface area contributed by atoms with Gasteiger partial charge >= 0.3 is 43.2 Å². The summed E-state index contributed by atoms with van der Waals surface area (Å²) in [5.74, 6) is -6.53. The van der Waals surface area contributed by atoms with Gasteiger partial charge in [0.1, 0.15) is 11.1 Å². The molecule has 0 N–H and O–H groups in total. The maximum atomic E-state index is 12.5. The molecule has 30 heavy (non-hydrogen) atoms. The molecular weight excluding hydrogens is 482 g/mol. The number of hydrogen-bond donors (Lipinski definition) is 0. The van der Waals surface area contributed by atoms with Crippen LogP contribution in [-0.4, -0.2) is 54.0 Å². The lowest BCUT2D eigenvalue weighted by molar-refractivity contribution is -0.0503. The molecule has 0 amide bonds. The Hall–Kier alpha value is -2.76. The van der Waals surface area contributed by atoms with Gasteiger partial charge < -0.3 is 17.8 Å². The normalized spacial score (nSPS) is 12.8. The average Bonchev–Trinajstić information content (AvgIpc) is 2.58. The first kappa shape index (κ1) is 25.3. The second-order valence-electron chi connectivity index (χ2n) is 4.79. The van der Waals surface area contributed by atoms with E-state index < -0.39 is 65.8 Å². The van der Waals surface area contributed by atoms with Gasteiger partial charge in [-0.3, -0.25) is 0 Å². The van der Waals surface area contributed by atoms with Crippen molar-refractivity contribution in [3.8, 4) is 11.5 Å². The van der Waals surface area contributed by atoms with Crippen molar-refractivity contribution in [1.29, 1.82) is 0 Å². The predicted molar refractivity (Wildman–Crippen MR) is 80.3 cm³/mol.